The van der Waals surface area contributed by atoms with Crippen LogP contribution in [0.1, 0.15) is 53.4 Å². The van der Waals surface area contributed by atoms with Gasteiger partial charge in [0.25, 0.3) is 0 Å². The number of nitrogens with zero attached hydrogens (tertiary/aromatic N) is 2. The molecule has 6 nitrogen and oxygen atoms in total. The summed E-state index contributed by atoms with van der Waals surface area (Å²) < 4.78 is 11.7. The maximum absolute atomic E-state index is 12.2. The summed E-state index contributed by atoms with van der Waals surface area (Å²) in [4.78, 5) is 18.8. The summed E-state index contributed by atoms with van der Waals surface area (Å²) in [7, 11) is 0. The van der Waals surface area contributed by atoms with E-state index in [1.54, 1.807) is 0 Å². The van der Waals surface area contributed by atoms with Gasteiger partial charge in [0.2, 0.25) is 5.89 Å². The highest BCUT2D eigenvalue weighted by Crippen LogP contribution is 2.34. The van der Waals surface area contributed by atoms with Gasteiger partial charge in [0, 0.05) is 19.5 Å². The van der Waals surface area contributed by atoms with Crippen molar-refractivity contribution < 1.29 is 19.1 Å². The molecule has 4 rings (SSSR count). The second-order valence-corrected chi connectivity index (χ2v) is 8.27. The van der Waals surface area contributed by atoms with E-state index in [9.17, 15) is 9.90 Å². The lowest BCUT2D eigenvalue weighted by molar-refractivity contribution is -0.144. The van der Waals surface area contributed by atoms with E-state index in [-0.39, 0.29) is 0 Å². The number of benzene rings is 2. The van der Waals surface area contributed by atoms with Crippen molar-refractivity contribution in [3.63, 3.8) is 0 Å². The van der Waals surface area contributed by atoms with Gasteiger partial charge in [-0.2, -0.15) is 0 Å². The molecule has 0 amide bonds. The van der Waals surface area contributed by atoms with Crippen LogP contribution in [0.15, 0.2) is 59.0 Å². The van der Waals surface area contributed by atoms with Crippen molar-refractivity contribution in [2.24, 2.45) is 0 Å². The van der Waals surface area contributed by atoms with E-state index >= 15 is 0 Å². The molecule has 0 fully saturated rings. The summed E-state index contributed by atoms with van der Waals surface area (Å²) in [5.41, 5.74) is 3.86. The van der Waals surface area contributed by atoms with Crippen LogP contribution >= 0.6 is 0 Å². The zero-order valence-corrected chi connectivity index (χ0v) is 19.2. The Hall–Kier alpha value is -3.38. The van der Waals surface area contributed by atoms with Gasteiger partial charge >= 0.3 is 5.97 Å². The second-order valence-electron chi connectivity index (χ2n) is 8.27. The Labute approximate surface area is 194 Å². The van der Waals surface area contributed by atoms with E-state index in [1.807, 2.05) is 72.5 Å². The van der Waals surface area contributed by atoms with Crippen LogP contribution in [-0.4, -0.2) is 34.1 Å². The van der Waals surface area contributed by atoms with Crippen LogP contribution in [0.25, 0.3) is 6.08 Å². The van der Waals surface area contributed by atoms with Crippen molar-refractivity contribution in [2.45, 2.75) is 45.7 Å². The van der Waals surface area contributed by atoms with Gasteiger partial charge in [0.05, 0.1) is 12.3 Å². The fraction of sp³-hybridized carbons (Fsp3) is 0.333. The molecule has 1 atom stereocenters. The van der Waals surface area contributed by atoms with Crippen molar-refractivity contribution in [3.05, 3.63) is 88.6 Å². The van der Waals surface area contributed by atoms with Gasteiger partial charge in [-0.15, -0.1) is 0 Å². The molecule has 0 bridgehead atoms. The molecule has 1 aliphatic rings. The third-order valence-electron chi connectivity index (χ3n) is 5.92. The van der Waals surface area contributed by atoms with Crippen molar-refractivity contribution in [2.75, 3.05) is 13.2 Å². The highest BCUT2D eigenvalue weighted by molar-refractivity contribution is 5.77. The smallest absolute Gasteiger partial charge is 0.325 e. The van der Waals surface area contributed by atoms with E-state index in [2.05, 4.69) is 11.9 Å². The first-order valence-corrected chi connectivity index (χ1v) is 11.4. The summed E-state index contributed by atoms with van der Waals surface area (Å²) in [5.74, 6) is 1.24. The summed E-state index contributed by atoms with van der Waals surface area (Å²) in [6, 6.07) is 15.1. The molecule has 172 valence electrons. The number of carboxylic acid groups (broad SMARTS) is 1. The lowest BCUT2D eigenvalue weighted by Crippen LogP contribution is -2.39. The van der Waals surface area contributed by atoms with Gasteiger partial charge < -0.3 is 14.3 Å². The van der Waals surface area contributed by atoms with Crippen LogP contribution < -0.4 is 4.74 Å². The van der Waals surface area contributed by atoms with Gasteiger partial charge in [-0.1, -0.05) is 49.4 Å². The molecule has 3 aromatic rings. The number of rotatable bonds is 9. The summed E-state index contributed by atoms with van der Waals surface area (Å²) in [6.45, 7) is 5.72. The van der Waals surface area contributed by atoms with Gasteiger partial charge in [-0.05, 0) is 54.7 Å². The van der Waals surface area contributed by atoms with Crippen LogP contribution in [-0.2, 0) is 24.2 Å². The number of aryl methyl sites for hydroxylation is 1. The van der Waals surface area contributed by atoms with Crippen molar-refractivity contribution >= 4 is 12.0 Å². The number of aromatic nitrogens is 1. The lowest BCUT2D eigenvalue weighted by atomic mass is 9.92. The van der Waals surface area contributed by atoms with E-state index in [0.717, 1.165) is 41.0 Å². The first-order valence-electron chi connectivity index (χ1n) is 11.4. The quantitative estimate of drug-likeness (QED) is 0.486. The molecule has 1 N–H and O–H groups in total. The Morgan fingerprint density at radius 1 is 1.27 bits per heavy atom. The topological polar surface area (TPSA) is 75.8 Å². The molecule has 2 heterocycles. The van der Waals surface area contributed by atoms with Crippen LogP contribution in [0, 0.1) is 6.92 Å². The van der Waals surface area contributed by atoms with E-state index in [4.69, 9.17) is 9.15 Å². The molecule has 0 saturated heterocycles. The standard InChI is InChI=1S/C27H30N2O4/c1-3-4-10-25-28-24(19(2)33-25)14-16-32-22-12-11-21-13-15-29(18-20-8-6-5-7-9-20)26(27(30)31)23(21)17-22/h4-12,17,26H,3,13-16,18H2,1-2H3,(H,30,31). The van der Waals surface area contributed by atoms with Crippen LogP contribution in [0.2, 0.25) is 0 Å². The van der Waals surface area contributed by atoms with E-state index in [0.29, 0.717) is 37.8 Å². The van der Waals surface area contributed by atoms with Crippen molar-refractivity contribution in [1.29, 1.82) is 0 Å². The Bertz CT molecular complexity index is 1120. The summed E-state index contributed by atoms with van der Waals surface area (Å²) in [5, 5.41) is 10.0. The monoisotopic (exact) mass is 446 g/mol. The number of fused-ring (bicyclic) bond motifs is 1. The average molecular weight is 447 g/mol. The van der Waals surface area contributed by atoms with Gasteiger partial charge in [0.15, 0.2) is 0 Å². The highest BCUT2D eigenvalue weighted by Gasteiger charge is 2.33. The third kappa shape index (κ3) is 5.52. The second kappa shape index (κ2) is 10.5. The van der Waals surface area contributed by atoms with E-state index < -0.39 is 12.0 Å². The molecular weight excluding hydrogens is 416 g/mol. The first kappa shape index (κ1) is 22.8. The molecule has 1 aliphatic heterocycles. The van der Waals surface area contributed by atoms with Gasteiger partial charge in [-0.25, -0.2) is 4.98 Å². The third-order valence-corrected chi connectivity index (χ3v) is 5.92. The minimum atomic E-state index is -0.838. The number of carboxylic acids is 1. The van der Waals surface area contributed by atoms with Crippen molar-refractivity contribution in [3.8, 4) is 5.75 Å². The molecule has 0 radical (unpaired) electrons. The molecule has 1 unspecified atom stereocenters. The number of aliphatic carboxylic acids is 1. The maximum Gasteiger partial charge on any atom is 0.325 e. The predicted octanol–water partition coefficient (Wildman–Crippen LogP) is 5.21. The number of allylic oxidation sites excluding steroid dienone is 1. The number of carbonyl (C=O) groups is 1. The molecule has 33 heavy (non-hydrogen) atoms. The maximum atomic E-state index is 12.2. The minimum absolute atomic E-state index is 0.439. The van der Waals surface area contributed by atoms with Gasteiger partial charge in [-0.3, -0.25) is 9.69 Å². The highest BCUT2D eigenvalue weighted by atomic mass is 16.5. The molecule has 0 saturated carbocycles. The normalized spacial score (nSPS) is 16.1. The zero-order chi connectivity index (χ0) is 23.2. The molecule has 2 aromatic carbocycles. The molecule has 0 spiro atoms. The SMILES string of the molecule is CCC=Cc1nc(CCOc2ccc3c(c2)C(C(=O)O)N(Cc2ccccc2)CC3)c(C)o1. The Morgan fingerprint density at radius 2 is 2.09 bits per heavy atom. The Balaban J connectivity index is 1.45. The summed E-state index contributed by atoms with van der Waals surface area (Å²) >= 11 is 0. The molecule has 0 aliphatic carbocycles. The zero-order valence-electron chi connectivity index (χ0n) is 19.2. The largest absolute Gasteiger partial charge is 0.493 e. The fourth-order valence-corrected chi connectivity index (χ4v) is 4.25. The lowest BCUT2D eigenvalue weighted by Gasteiger charge is -2.35. The van der Waals surface area contributed by atoms with Crippen molar-refractivity contribution in [1.82, 2.24) is 9.88 Å². The molecule has 1 aromatic heterocycles. The first-order chi connectivity index (χ1) is 16.0. The van der Waals surface area contributed by atoms with Crippen LogP contribution in [0.3, 0.4) is 0 Å². The molecular formula is C27H30N2O4. The number of oxazole rings is 1. The average Bonchev–Trinajstić information content (AvgIpc) is 3.17. The number of hydrogen-bond donors (Lipinski definition) is 1. The minimum Gasteiger partial charge on any atom is -0.493 e. The van der Waals surface area contributed by atoms with Gasteiger partial charge in [0.1, 0.15) is 17.6 Å². The molecule has 6 heteroatoms. The summed E-state index contributed by atoms with van der Waals surface area (Å²) in [6.07, 6.45) is 6.26. The predicted molar refractivity (Wildman–Crippen MR) is 127 cm³/mol. The van der Waals surface area contributed by atoms with Crippen LogP contribution in [0.4, 0.5) is 0 Å². The Morgan fingerprint density at radius 3 is 2.85 bits per heavy atom. The van der Waals surface area contributed by atoms with E-state index in [1.165, 1.54) is 0 Å². The Kier molecular flexibility index (Phi) is 7.25. The number of ether oxygens (including phenoxy) is 1. The number of hydrogen-bond acceptors (Lipinski definition) is 5. The fourth-order valence-electron chi connectivity index (χ4n) is 4.25. The van der Waals surface area contributed by atoms with Crippen LogP contribution in [0.5, 0.6) is 5.75 Å².